The summed E-state index contributed by atoms with van der Waals surface area (Å²) in [5.74, 6) is -0.864. The average Bonchev–Trinajstić information content (AvgIpc) is 3.49. The molecular formula is C77H140O6. The van der Waals surface area contributed by atoms with Crippen LogP contribution in [0.2, 0.25) is 0 Å². The molecule has 0 bridgehead atoms. The van der Waals surface area contributed by atoms with Crippen LogP contribution in [-0.4, -0.2) is 37.2 Å². The van der Waals surface area contributed by atoms with E-state index in [0.29, 0.717) is 19.3 Å². The largest absolute Gasteiger partial charge is 0.462 e. The third-order valence-corrected chi connectivity index (χ3v) is 16.5. The van der Waals surface area contributed by atoms with Crippen molar-refractivity contribution in [2.75, 3.05) is 13.2 Å². The number of rotatable bonds is 68. The van der Waals surface area contributed by atoms with Crippen LogP contribution in [-0.2, 0) is 28.6 Å². The highest BCUT2D eigenvalue weighted by Crippen LogP contribution is 2.19. The van der Waals surface area contributed by atoms with E-state index in [0.717, 1.165) is 109 Å². The average molecular weight is 1160 g/mol. The molecular weight excluding hydrogens is 1020 g/mol. The number of carbonyl (C=O) groups excluding carboxylic acids is 3. The number of esters is 3. The van der Waals surface area contributed by atoms with Gasteiger partial charge in [-0.15, -0.1) is 0 Å². The number of unbranched alkanes of at least 4 members (excludes halogenated alkanes) is 47. The number of carbonyl (C=O) groups is 3. The second-order valence-corrected chi connectivity index (χ2v) is 24.8. The molecule has 0 heterocycles. The maximum atomic E-state index is 13.0. The van der Waals surface area contributed by atoms with Gasteiger partial charge >= 0.3 is 17.9 Å². The van der Waals surface area contributed by atoms with Gasteiger partial charge in [0.15, 0.2) is 6.10 Å². The Morgan fingerprint density at radius 1 is 0.253 bits per heavy atom. The van der Waals surface area contributed by atoms with Crippen LogP contribution in [0.3, 0.4) is 0 Å². The Labute approximate surface area is 517 Å². The van der Waals surface area contributed by atoms with Crippen LogP contribution in [0.4, 0.5) is 0 Å². The van der Waals surface area contributed by atoms with Crippen LogP contribution >= 0.6 is 0 Å². The minimum atomic E-state index is -0.782. The van der Waals surface area contributed by atoms with Crippen molar-refractivity contribution in [1.29, 1.82) is 0 Å². The lowest BCUT2D eigenvalue weighted by molar-refractivity contribution is -0.167. The Balaban J connectivity index is 4.35. The van der Waals surface area contributed by atoms with E-state index in [2.05, 4.69) is 81.5 Å². The highest BCUT2D eigenvalue weighted by atomic mass is 16.6. The Morgan fingerprint density at radius 2 is 0.470 bits per heavy atom. The summed E-state index contributed by atoms with van der Waals surface area (Å²) in [5.41, 5.74) is 0. The van der Waals surface area contributed by atoms with Gasteiger partial charge in [-0.3, -0.25) is 14.4 Å². The SMILES string of the molecule is CC/C=C\C/C=C\C/C=C\C/C=C\C/C=C\CCCCCCCC(=O)OCC(COC(=O)CCCCCCCCCCCCCCCCCCCCCCCC)OC(=O)CCCCCCCCCCCCCCCCCCCCCCCC. The topological polar surface area (TPSA) is 78.9 Å². The van der Waals surface area contributed by atoms with Crippen molar-refractivity contribution in [2.45, 2.75) is 399 Å². The van der Waals surface area contributed by atoms with Gasteiger partial charge in [-0.1, -0.05) is 370 Å². The number of hydrogen-bond donors (Lipinski definition) is 0. The van der Waals surface area contributed by atoms with Gasteiger partial charge in [0.25, 0.3) is 0 Å². The third-order valence-electron chi connectivity index (χ3n) is 16.5. The zero-order chi connectivity index (χ0) is 59.9. The lowest BCUT2D eigenvalue weighted by atomic mass is 10.0. The summed E-state index contributed by atoms with van der Waals surface area (Å²) in [6.45, 7) is 6.59. The Bertz CT molecular complexity index is 1470. The molecule has 0 aliphatic heterocycles. The summed E-state index contributed by atoms with van der Waals surface area (Å²) >= 11 is 0. The highest BCUT2D eigenvalue weighted by Gasteiger charge is 2.19. The molecule has 1 atom stereocenters. The van der Waals surface area contributed by atoms with E-state index >= 15 is 0 Å². The van der Waals surface area contributed by atoms with Crippen LogP contribution < -0.4 is 0 Å². The molecule has 1 unspecified atom stereocenters. The molecule has 6 nitrogen and oxygen atoms in total. The first-order valence-corrected chi connectivity index (χ1v) is 36.8. The molecule has 0 aliphatic carbocycles. The van der Waals surface area contributed by atoms with E-state index in [9.17, 15) is 14.4 Å². The Hall–Kier alpha value is -2.89. The van der Waals surface area contributed by atoms with Crippen LogP contribution in [0.15, 0.2) is 60.8 Å². The first kappa shape index (κ1) is 80.1. The van der Waals surface area contributed by atoms with E-state index in [1.807, 2.05) is 0 Å². The maximum absolute atomic E-state index is 13.0. The molecule has 0 saturated carbocycles. The summed E-state index contributed by atoms with van der Waals surface area (Å²) < 4.78 is 17.0. The molecule has 83 heavy (non-hydrogen) atoms. The Kier molecular flexibility index (Phi) is 69.1. The van der Waals surface area contributed by atoms with Crippen molar-refractivity contribution in [1.82, 2.24) is 0 Å². The quantitative estimate of drug-likeness (QED) is 0.0261. The van der Waals surface area contributed by atoms with Crippen LogP contribution in [0.1, 0.15) is 393 Å². The van der Waals surface area contributed by atoms with Crippen LogP contribution in [0, 0.1) is 0 Å². The molecule has 0 aromatic heterocycles. The molecule has 0 saturated heterocycles. The molecule has 0 radical (unpaired) electrons. The molecule has 0 fully saturated rings. The van der Waals surface area contributed by atoms with E-state index in [1.165, 1.54) is 244 Å². The van der Waals surface area contributed by atoms with Crippen molar-refractivity contribution in [3.05, 3.63) is 60.8 Å². The van der Waals surface area contributed by atoms with Gasteiger partial charge in [-0.05, 0) is 64.2 Å². The van der Waals surface area contributed by atoms with E-state index in [4.69, 9.17) is 14.2 Å². The van der Waals surface area contributed by atoms with Gasteiger partial charge in [0, 0.05) is 19.3 Å². The summed E-state index contributed by atoms with van der Waals surface area (Å²) in [5, 5.41) is 0. The zero-order valence-electron chi connectivity index (χ0n) is 55.7. The van der Waals surface area contributed by atoms with Gasteiger partial charge in [0.05, 0.1) is 0 Å². The fourth-order valence-corrected chi connectivity index (χ4v) is 11.1. The molecule has 0 amide bonds. The molecule has 6 heteroatoms. The van der Waals surface area contributed by atoms with Gasteiger partial charge < -0.3 is 14.2 Å². The van der Waals surface area contributed by atoms with Crippen molar-refractivity contribution in [2.24, 2.45) is 0 Å². The second-order valence-electron chi connectivity index (χ2n) is 24.8. The summed E-state index contributed by atoms with van der Waals surface area (Å²) in [6, 6.07) is 0. The molecule has 0 rings (SSSR count). The number of allylic oxidation sites excluding steroid dienone is 10. The van der Waals surface area contributed by atoms with Gasteiger partial charge in [0.1, 0.15) is 13.2 Å². The molecule has 0 N–H and O–H groups in total. The highest BCUT2D eigenvalue weighted by molar-refractivity contribution is 5.71. The summed E-state index contributed by atoms with van der Waals surface area (Å²) in [4.78, 5) is 38.5. The monoisotopic (exact) mass is 1160 g/mol. The third kappa shape index (κ3) is 69.8. The molecule has 484 valence electrons. The van der Waals surface area contributed by atoms with Crippen LogP contribution in [0.5, 0.6) is 0 Å². The smallest absolute Gasteiger partial charge is 0.306 e. The zero-order valence-corrected chi connectivity index (χ0v) is 55.7. The molecule has 0 spiro atoms. The summed E-state index contributed by atoms with van der Waals surface area (Å²) in [6.07, 6.45) is 92.5. The lowest BCUT2D eigenvalue weighted by Crippen LogP contribution is -2.30. The van der Waals surface area contributed by atoms with Gasteiger partial charge in [-0.25, -0.2) is 0 Å². The standard InChI is InChI=1S/C77H140O6/c1-4-7-10-13-16-19-22-25-28-31-34-37-40-43-46-49-52-55-58-61-64-67-70-76(79)82-73-74(72-81-75(78)69-66-63-60-57-54-51-48-45-42-39-36-33-30-27-24-21-18-15-12-9-6-3)83-77(80)71-68-65-62-59-56-53-50-47-44-41-38-35-32-29-26-23-20-17-14-11-8-5-2/h9,12,18,21,27,30,36,39,45,48,74H,4-8,10-11,13-17,19-20,22-26,28-29,31-35,37-38,40-44,46-47,49-73H2,1-3H3/b12-9-,21-18-,30-27-,39-36-,48-45-. The Morgan fingerprint density at radius 3 is 0.735 bits per heavy atom. The van der Waals surface area contributed by atoms with Crippen molar-refractivity contribution < 1.29 is 28.6 Å². The lowest BCUT2D eigenvalue weighted by Gasteiger charge is -2.18. The fourth-order valence-electron chi connectivity index (χ4n) is 11.1. The second kappa shape index (κ2) is 71.6. The fraction of sp³-hybridized carbons (Fsp3) is 0.831. The first-order valence-electron chi connectivity index (χ1n) is 36.8. The van der Waals surface area contributed by atoms with E-state index in [-0.39, 0.29) is 31.1 Å². The van der Waals surface area contributed by atoms with Crippen molar-refractivity contribution in [3.63, 3.8) is 0 Å². The van der Waals surface area contributed by atoms with Crippen molar-refractivity contribution in [3.8, 4) is 0 Å². The van der Waals surface area contributed by atoms with Crippen molar-refractivity contribution >= 4 is 17.9 Å². The predicted octanol–water partition coefficient (Wildman–Crippen LogP) is 25.5. The minimum absolute atomic E-state index is 0.0750. The van der Waals surface area contributed by atoms with Crippen LogP contribution in [0.25, 0.3) is 0 Å². The maximum Gasteiger partial charge on any atom is 0.306 e. The predicted molar refractivity (Wildman–Crippen MR) is 362 cm³/mol. The molecule has 0 aliphatic rings. The van der Waals surface area contributed by atoms with Gasteiger partial charge in [-0.2, -0.15) is 0 Å². The van der Waals surface area contributed by atoms with Gasteiger partial charge in [0.2, 0.25) is 0 Å². The van der Waals surface area contributed by atoms with E-state index in [1.54, 1.807) is 0 Å². The number of hydrogen-bond acceptors (Lipinski definition) is 6. The molecule has 0 aromatic carbocycles. The normalized spacial score (nSPS) is 12.4. The first-order chi connectivity index (χ1) is 41.0. The molecule has 0 aromatic rings. The number of ether oxygens (including phenoxy) is 3. The summed E-state index contributed by atoms with van der Waals surface area (Å²) in [7, 11) is 0. The minimum Gasteiger partial charge on any atom is -0.462 e. The van der Waals surface area contributed by atoms with E-state index < -0.39 is 6.10 Å².